The van der Waals surface area contributed by atoms with Crippen LogP contribution in [0.4, 0.5) is 0 Å². The Bertz CT molecular complexity index is 223. The predicted molar refractivity (Wildman–Crippen MR) is 43.6 cm³/mol. The maximum absolute atomic E-state index is 5.31. The fourth-order valence-electron chi connectivity index (χ4n) is 0.918. The second-order valence-corrected chi connectivity index (χ2v) is 2.20. The molecule has 0 fully saturated rings. The van der Waals surface area contributed by atoms with Crippen molar-refractivity contribution in [1.29, 1.82) is 0 Å². The van der Waals surface area contributed by atoms with Crippen LogP contribution in [-0.4, -0.2) is 11.6 Å². The van der Waals surface area contributed by atoms with Gasteiger partial charge in [-0.25, -0.2) is 0 Å². The van der Waals surface area contributed by atoms with Gasteiger partial charge in [-0.3, -0.25) is 4.98 Å². The summed E-state index contributed by atoms with van der Waals surface area (Å²) in [6.45, 7) is 4.72. The molecule has 0 saturated carbocycles. The van der Waals surface area contributed by atoms with Crippen LogP contribution in [0.5, 0.6) is 5.75 Å². The molecule has 0 amide bonds. The van der Waals surface area contributed by atoms with E-state index in [1.165, 1.54) is 5.56 Å². The Morgan fingerprint density at radius 1 is 1.55 bits per heavy atom. The van der Waals surface area contributed by atoms with Crippen molar-refractivity contribution in [2.24, 2.45) is 0 Å². The largest absolute Gasteiger partial charge is 0.491 e. The van der Waals surface area contributed by atoms with E-state index < -0.39 is 0 Å². The third kappa shape index (κ3) is 1.93. The second-order valence-electron chi connectivity index (χ2n) is 2.20. The fraction of sp³-hybridized carbons (Fsp3) is 0.444. The van der Waals surface area contributed by atoms with E-state index in [2.05, 4.69) is 18.1 Å². The number of nitrogens with zero attached hydrogens (tertiary/aromatic N) is 1. The Labute approximate surface area is 67.2 Å². The van der Waals surface area contributed by atoms with Crippen molar-refractivity contribution in [3.63, 3.8) is 0 Å². The summed E-state index contributed by atoms with van der Waals surface area (Å²) in [6.07, 6.45) is 5.52. The molecule has 0 bridgehead atoms. The molecule has 1 heterocycles. The predicted octanol–water partition coefficient (Wildman–Crippen LogP) is 1.84. The maximum Gasteiger partial charge on any atom is 0.150 e. The summed E-state index contributed by atoms with van der Waals surface area (Å²) in [5.74, 6) is 0.789. The van der Waals surface area contributed by atoms with Gasteiger partial charge in [0, 0.05) is 6.20 Å². The van der Waals surface area contributed by atoms with Crippen LogP contribution in [0.3, 0.4) is 0 Å². The minimum atomic E-state index is 0.676. The Kier molecular flexibility index (Phi) is 2.90. The van der Waals surface area contributed by atoms with Gasteiger partial charge in [-0.2, -0.15) is 0 Å². The molecule has 0 aliphatic carbocycles. The molecule has 59 valence electrons. The number of aromatic nitrogens is 1. The molecular weight excluding hydrogens is 138 g/mol. The summed E-state index contributed by atoms with van der Waals surface area (Å²) in [5.41, 5.74) is 1.17. The van der Waals surface area contributed by atoms with E-state index in [1.54, 1.807) is 6.20 Å². The van der Waals surface area contributed by atoms with Gasteiger partial charge < -0.3 is 4.74 Å². The van der Waals surface area contributed by atoms with E-state index in [4.69, 9.17) is 4.74 Å². The number of ether oxygens (including phenoxy) is 1. The molecule has 0 atom stereocenters. The highest BCUT2D eigenvalue weighted by atomic mass is 16.5. The van der Waals surface area contributed by atoms with Crippen molar-refractivity contribution in [3.05, 3.63) is 24.0 Å². The van der Waals surface area contributed by atoms with E-state index in [0.29, 0.717) is 6.61 Å². The molecule has 0 unspecified atom stereocenters. The fourth-order valence-corrected chi connectivity index (χ4v) is 0.918. The lowest BCUT2D eigenvalue weighted by atomic mass is 10.2. The van der Waals surface area contributed by atoms with Crippen molar-refractivity contribution in [2.45, 2.75) is 20.3 Å². The summed E-state index contributed by atoms with van der Waals surface area (Å²) in [5, 5.41) is 0. The van der Waals surface area contributed by atoms with Crippen molar-refractivity contribution in [3.8, 4) is 5.75 Å². The average Bonchev–Trinajstić information content (AvgIpc) is 2.06. The molecule has 0 spiro atoms. The number of hydrogen-bond acceptors (Lipinski definition) is 2. The molecular formula is C9H12NO. The molecule has 1 aromatic rings. The molecule has 0 N–H and O–H groups in total. The molecule has 0 aromatic carbocycles. The third-order valence-electron chi connectivity index (χ3n) is 1.48. The highest BCUT2D eigenvalue weighted by molar-refractivity contribution is 5.28. The van der Waals surface area contributed by atoms with Crippen LogP contribution in [0.1, 0.15) is 19.4 Å². The Hall–Kier alpha value is -1.05. The summed E-state index contributed by atoms with van der Waals surface area (Å²) in [6, 6.07) is 1.96. The highest BCUT2D eigenvalue weighted by Crippen LogP contribution is 2.15. The minimum absolute atomic E-state index is 0.676. The maximum atomic E-state index is 5.31. The van der Waals surface area contributed by atoms with Gasteiger partial charge in [0.1, 0.15) is 11.9 Å². The Morgan fingerprint density at radius 2 is 2.36 bits per heavy atom. The van der Waals surface area contributed by atoms with Gasteiger partial charge in [0.25, 0.3) is 0 Å². The molecule has 2 heteroatoms. The number of pyridine rings is 1. The van der Waals surface area contributed by atoms with Crippen LogP contribution in [0, 0.1) is 6.20 Å². The van der Waals surface area contributed by atoms with E-state index in [0.717, 1.165) is 12.2 Å². The first kappa shape index (κ1) is 8.05. The van der Waals surface area contributed by atoms with Crippen LogP contribution in [0.25, 0.3) is 0 Å². The lowest BCUT2D eigenvalue weighted by Crippen LogP contribution is -1.96. The molecule has 0 aliphatic rings. The zero-order valence-corrected chi connectivity index (χ0v) is 6.92. The Balaban J connectivity index is 2.83. The van der Waals surface area contributed by atoms with Gasteiger partial charge in [0.15, 0.2) is 0 Å². The van der Waals surface area contributed by atoms with Crippen LogP contribution in [0.15, 0.2) is 12.3 Å². The van der Waals surface area contributed by atoms with Crippen molar-refractivity contribution < 1.29 is 4.74 Å². The van der Waals surface area contributed by atoms with Gasteiger partial charge in [0.2, 0.25) is 0 Å². The second kappa shape index (κ2) is 3.96. The molecule has 1 rings (SSSR count). The number of aryl methyl sites for hydroxylation is 1. The van der Waals surface area contributed by atoms with Crippen molar-refractivity contribution in [2.75, 3.05) is 6.61 Å². The first-order chi connectivity index (χ1) is 5.38. The zero-order valence-electron chi connectivity index (χ0n) is 6.92. The smallest absolute Gasteiger partial charge is 0.150 e. The van der Waals surface area contributed by atoms with Gasteiger partial charge in [-0.1, -0.05) is 6.92 Å². The summed E-state index contributed by atoms with van der Waals surface area (Å²) < 4.78 is 5.31. The van der Waals surface area contributed by atoms with Gasteiger partial charge in [-0.05, 0) is 25.0 Å². The van der Waals surface area contributed by atoms with Crippen LogP contribution < -0.4 is 4.74 Å². The first-order valence-corrected chi connectivity index (χ1v) is 3.86. The normalized spacial score (nSPS) is 9.64. The SMILES string of the molecule is CCOc1[c]nccc1CC. The van der Waals surface area contributed by atoms with Crippen LogP contribution in [-0.2, 0) is 6.42 Å². The number of rotatable bonds is 3. The Morgan fingerprint density at radius 3 is 3.00 bits per heavy atom. The molecule has 2 nitrogen and oxygen atoms in total. The average molecular weight is 150 g/mol. The molecule has 1 radical (unpaired) electrons. The minimum Gasteiger partial charge on any atom is -0.491 e. The van der Waals surface area contributed by atoms with Gasteiger partial charge in [0.05, 0.1) is 6.61 Å². The topological polar surface area (TPSA) is 22.1 Å². The quantitative estimate of drug-likeness (QED) is 0.656. The first-order valence-electron chi connectivity index (χ1n) is 3.86. The summed E-state index contributed by atoms with van der Waals surface area (Å²) in [7, 11) is 0. The summed E-state index contributed by atoms with van der Waals surface area (Å²) >= 11 is 0. The van der Waals surface area contributed by atoms with Crippen molar-refractivity contribution >= 4 is 0 Å². The summed E-state index contributed by atoms with van der Waals surface area (Å²) in [4.78, 5) is 3.86. The molecule has 1 aromatic heterocycles. The number of hydrogen-bond donors (Lipinski definition) is 0. The van der Waals surface area contributed by atoms with Crippen LogP contribution >= 0.6 is 0 Å². The van der Waals surface area contributed by atoms with E-state index in [1.807, 2.05) is 13.0 Å². The lowest BCUT2D eigenvalue weighted by Gasteiger charge is -2.05. The van der Waals surface area contributed by atoms with Gasteiger partial charge in [-0.15, -0.1) is 0 Å². The third-order valence-corrected chi connectivity index (χ3v) is 1.48. The molecule has 0 aliphatic heterocycles. The lowest BCUT2D eigenvalue weighted by molar-refractivity contribution is 0.334. The van der Waals surface area contributed by atoms with Crippen molar-refractivity contribution in [1.82, 2.24) is 4.98 Å². The molecule has 0 saturated heterocycles. The highest BCUT2D eigenvalue weighted by Gasteiger charge is 1.99. The van der Waals surface area contributed by atoms with Crippen LogP contribution in [0.2, 0.25) is 0 Å². The molecule has 11 heavy (non-hydrogen) atoms. The van der Waals surface area contributed by atoms with E-state index in [-0.39, 0.29) is 0 Å². The standard InChI is InChI=1S/C9H12NO/c1-3-8-5-6-10-7-9(8)11-4-2/h5-6H,3-4H2,1-2H3. The monoisotopic (exact) mass is 150 g/mol. The van der Waals surface area contributed by atoms with E-state index in [9.17, 15) is 0 Å². The zero-order chi connectivity index (χ0) is 8.10. The van der Waals surface area contributed by atoms with Gasteiger partial charge >= 0.3 is 0 Å². The van der Waals surface area contributed by atoms with E-state index >= 15 is 0 Å².